The number of carbonyl (C=O) groups is 1. The summed E-state index contributed by atoms with van der Waals surface area (Å²) in [5.41, 5.74) is 0.981. The standard InChI is InChI=1S/C17H15ClN2OS2/c18-12-3-4-14-13(10-12)19-16(23-14)11-5-7-20(8-6-11)17(21)15-2-1-9-22-15/h1-4,9-11H,5-8H2. The molecule has 0 bridgehead atoms. The molecule has 23 heavy (non-hydrogen) atoms. The summed E-state index contributed by atoms with van der Waals surface area (Å²) in [4.78, 5) is 19.9. The maximum absolute atomic E-state index is 12.4. The summed E-state index contributed by atoms with van der Waals surface area (Å²) in [5, 5.41) is 3.85. The van der Waals surface area contributed by atoms with Crippen LogP contribution < -0.4 is 0 Å². The number of halogens is 1. The van der Waals surface area contributed by atoms with E-state index in [9.17, 15) is 4.79 Å². The van der Waals surface area contributed by atoms with E-state index in [1.54, 1.807) is 11.3 Å². The first-order chi connectivity index (χ1) is 11.2. The fourth-order valence-corrected chi connectivity index (χ4v) is 4.95. The second kappa shape index (κ2) is 6.23. The van der Waals surface area contributed by atoms with Crippen molar-refractivity contribution in [2.45, 2.75) is 18.8 Å². The van der Waals surface area contributed by atoms with Crippen LogP contribution in [0.1, 0.15) is 33.4 Å². The number of aromatic nitrogens is 1. The van der Waals surface area contributed by atoms with Gasteiger partial charge >= 0.3 is 0 Å². The van der Waals surface area contributed by atoms with Crippen molar-refractivity contribution in [3.05, 3.63) is 50.6 Å². The Kier molecular flexibility index (Phi) is 4.09. The van der Waals surface area contributed by atoms with Crippen LogP contribution in [0.4, 0.5) is 0 Å². The Hall–Kier alpha value is -1.43. The second-order valence-corrected chi connectivity index (χ2v) is 8.15. The topological polar surface area (TPSA) is 33.2 Å². The monoisotopic (exact) mass is 362 g/mol. The fraction of sp³-hybridized carbons (Fsp3) is 0.294. The third-order valence-electron chi connectivity index (χ3n) is 4.23. The van der Waals surface area contributed by atoms with Crippen molar-refractivity contribution in [1.29, 1.82) is 0 Å². The Labute approximate surface area is 147 Å². The van der Waals surface area contributed by atoms with Gasteiger partial charge in [-0.1, -0.05) is 17.7 Å². The summed E-state index contributed by atoms with van der Waals surface area (Å²) in [7, 11) is 0. The van der Waals surface area contributed by atoms with Crippen LogP contribution in [0.5, 0.6) is 0 Å². The molecular weight excluding hydrogens is 348 g/mol. The predicted octanol–water partition coefficient (Wildman–Crippen LogP) is 5.03. The summed E-state index contributed by atoms with van der Waals surface area (Å²) < 4.78 is 1.18. The highest BCUT2D eigenvalue weighted by Crippen LogP contribution is 2.35. The fourth-order valence-electron chi connectivity index (χ4n) is 2.98. The van der Waals surface area contributed by atoms with Crippen molar-refractivity contribution in [2.75, 3.05) is 13.1 Å². The predicted molar refractivity (Wildman–Crippen MR) is 96.8 cm³/mol. The van der Waals surface area contributed by atoms with Gasteiger partial charge in [-0.25, -0.2) is 4.98 Å². The van der Waals surface area contributed by atoms with Gasteiger partial charge in [0.05, 0.1) is 20.1 Å². The minimum absolute atomic E-state index is 0.162. The van der Waals surface area contributed by atoms with Gasteiger partial charge in [0, 0.05) is 24.0 Å². The first-order valence-corrected chi connectivity index (χ1v) is 9.67. The number of benzene rings is 1. The number of hydrogen-bond donors (Lipinski definition) is 0. The van der Waals surface area contributed by atoms with E-state index in [1.165, 1.54) is 21.0 Å². The van der Waals surface area contributed by atoms with Gasteiger partial charge in [0.25, 0.3) is 5.91 Å². The van der Waals surface area contributed by atoms with E-state index < -0.39 is 0 Å². The van der Waals surface area contributed by atoms with E-state index in [0.29, 0.717) is 5.92 Å². The first-order valence-electron chi connectivity index (χ1n) is 7.59. The molecular formula is C17H15ClN2OS2. The minimum atomic E-state index is 0.162. The lowest BCUT2D eigenvalue weighted by atomic mass is 9.97. The number of thiophene rings is 1. The molecule has 0 aliphatic carbocycles. The van der Waals surface area contributed by atoms with Gasteiger partial charge in [0.2, 0.25) is 0 Å². The third kappa shape index (κ3) is 3.01. The van der Waals surface area contributed by atoms with Crippen LogP contribution in [0.25, 0.3) is 10.2 Å². The normalized spacial score (nSPS) is 16.1. The molecule has 1 fully saturated rings. The number of carbonyl (C=O) groups excluding carboxylic acids is 1. The molecule has 1 amide bonds. The van der Waals surface area contributed by atoms with Gasteiger partial charge < -0.3 is 4.90 Å². The van der Waals surface area contributed by atoms with Gasteiger partial charge in [-0.05, 0) is 42.5 Å². The molecule has 1 aliphatic rings. The van der Waals surface area contributed by atoms with E-state index >= 15 is 0 Å². The van der Waals surface area contributed by atoms with E-state index in [4.69, 9.17) is 16.6 Å². The highest BCUT2D eigenvalue weighted by atomic mass is 35.5. The largest absolute Gasteiger partial charge is 0.338 e. The van der Waals surface area contributed by atoms with Crippen molar-refractivity contribution in [3.8, 4) is 0 Å². The minimum Gasteiger partial charge on any atom is -0.338 e. The molecule has 3 nitrogen and oxygen atoms in total. The van der Waals surface area contributed by atoms with Gasteiger partial charge in [0.15, 0.2) is 0 Å². The molecule has 118 valence electrons. The van der Waals surface area contributed by atoms with Crippen molar-refractivity contribution in [1.82, 2.24) is 9.88 Å². The number of hydrogen-bond acceptors (Lipinski definition) is 4. The first kappa shape index (κ1) is 15.1. The van der Waals surface area contributed by atoms with Gasteiger partial charge in [-0.2, -0.15) is 0 Å². The number of rotatable bonds is 2. The van der Waals surface area contributed by atoms with Gasteiger partial charge in [-0.15, -0.1) is 22.7 Å². The molecule has 0 radical (unpaired) electrons. The molecule has 3 heterocycles. The summed E-state index contributed by atoms with van der Waals surface area (Å²) >= 11 is 9.30. The Morgan fingerprint density at radius 3 is 2.83 bits per heavy atom. The summed E-state index contributed by atoms with van der Waals surface area (Å²) in [5.74, 6) is 0.605. The molecule has 4 rings (SSSR count). The van der Waals surface area contributed by atoms with E-state index in [2.05, 4.69) is 0 Å². The number of nitrogens with zero attached hydrogens (tertiary/aromatic N) is 2. The number of likely N-dealkylation sites (tertiary alicyclic amines) is 1. The van der Waals surface area contributed by atoms with Crippen LogP contribution in [-0.4, -0.2) is 28.9 Å². The molecule has 1 saturated heterocycles. The number of amides is 1. The number of piperidine rings is 1. The summed E-state index contributed by atoms with van der Waals surface area (Å²) in [6, 6.07) is 9.70. The van der Waals surface area contributed by atoms with Crippen LogP contribution >= 0.6 is 34.3 Å². The Morgan fingerprint density at radius 2 is 2.09 bits per heavy atom. The smallest absolute Gasteiger partial charge is 0.263 e. The van der Waals surface area contributed by atoms with Crippen molar-refractivity contribution in [2.24, 2.45) is 0 Å². The molecule has 0 saturated carbocycles. The zero-order valence-corrected chi connectivity index (χ0v) is 14.8. The molecule has 1 aromatic carbocycles. The Bertz CT molecular complexity index is 836. The average molecular weight is 363 g/mol. The number of fused-ring (bicyclic) bond motifs is 1. The maximum Gasteiger partial charge on any atom is 0.263 e. The molecule has 6 heteroatoms. The molecule has 0 spiro atoms. The lowest BCUT2D eigenvalue weighted by Gasteiger charge is -2.30. The van der Waals surface area contributed by atoms with Crippen LogP contribution in [0, 0.1) is 0 Å². The van der Waals surface area contributed by atoms with Crippen molar-refractivity contribution in [3.63, 3.8) is 0 Å². The van der Waals surface area contributed by atoms with E-state index in [1.807, 2.05) is 40.6 Å². The molecule has 2 aromatic heterocycles. The zero-order chi connectivity index (χ0) is 15.8. The third-order valence-corrected chi connectivity index (χ3v) is 6.52. The highest BCUT2D eigenvalue weighted by Gasteiger charge is 2.26. The lowest BCUT2D eigenvalue weighted by molar-refractivity contribution is 0.0718. The Morgan fingerprint density at radius 1 is 1.26 bits per heavy atom. The lowest BCUT2D eigenvalue weighted by Crippen LogP contribution is -2.37. The SMILES string of the molecule is O=C(c1cccs1)N1CCC(c2nc3cc(Cl)ccc3s2)CC1. The van der Waals surface area contributed by atoms with E-state index in [0.717, 1.165) is 41.3 Å². The number of thiazole rings is 1. The van der Waals surface area contributed by atoms with Crippen LogP contribution in [0.3, 0.4) is 0 Å². The van der Waals surface area contributed by atoms with Crippen molar-refractivity contribution >= 4 is 50.4 Å². The van der Waals surface area contributed by atoms with Crippen LogP contribution in [-0.2, 0) is 0 Å². The quantitative estimate of drug-likeness (QED) is 0.640. The highest BCUT2D eigenvalue weighted by molar-refractivity contribution is 7.18. The molecule has 1 aliphatic heterocycles. The van der Waals surface area contributed by atoms with Gasteiger partial charge in [0.1, 0.15) is 0 Å². The van der Waals surface area contributed by atoms with Crippen LogP contribution in [0.15, 0.2) is 35.7 Å². The average Bonchev–Trinajstić information content (AvgIpc) is 3.23. The van der Waals surface area contributed by atoms with Crippen LogP contribution in [0.2, 0.25) is 5.02 Å². The van der Waals surface area contributed by atoms with Gasteiger partial charge in [-0.3, -0.25) is 4.79 Å². The molecule has 0 atom stereocenters. The maximum atomic E-state index is 12.4. The second-order valence-electron chi connectivity index (χ2n) is 5.71. The molecule has 0 N–H and O–H groups in total. The molecule has 0 unspecified atom stereocenters. The molecule has 3 aromatic rings. The summed E-state index contributed by atoms with van der Waals surface area (Å²) in [6.45, 7) is 1.61. The summed E-state index contributed by atoms with van der Waals surface area (Å²) in [6.07, 6.45) is 1.95. The van der Waals surface area contributed by atoms with Crippen molar-refractivity contribution < 1.29 is 4.79 Å². The van der Waals surface area contributed by atoms with E-state index in [-0.39, 0.29) is 5.91 Å². The Balaban J connectivity index is 1.47. The zero-order valence-electron chi connectivity index (χ0n) is 12.4.